The number of aromatic nitrogens is 1. The Bertz CT molecular complexity index is 1440. The Morgan fingerprint density at radius 2 is 1.68 bits per heavy atom. The second kappa shape index (κ2) is 13.9. The van der Waals surface area contributed by atoms with Crippen molar-refractivity contribution in [1.29, 1.82) is 0 Å². The maximum atomic E-state index is 14.5. The molecule has 44 heavy (non-hydrogen) atoms. The summed E-state index contributed by atoms with van der Waals surface area (Å²) in [6.07, 6.45) is 0.436. The lowest BCUT2D eigenvalue weighted by Crippen LogP contribution is -2.56. The molecule has 1 aliphatic carbocycles. The van der Waals surface area contributed by atoms with Crippen molar-refractivity contribution in [3.05, 3.63) is 35.3 Å². The normalized spacial score (nSPS) is 16.5. The van der Waals surface area contributed by atoms with Crippen LogP contribution in [0, 0.1) is 12.7 Å². The minimum absolute atomic E-state index is 0.0226. The Hall–Kier alpha value is -4.49. The number of halogens is 1. The number of hydrogen-bond acceptors (Lipinski definition) is 9. The Labute approximate surface area is 253 Å². The maximum Gasteiger partial charge on any atom is 0.409 e. The zero-order valence-electron chi connectivity index (χ0n) is 25.0. The number of nitrogens with zero attached hydrogens (tertiary/aromatic N) is 3. The van der Waals surface area contributed by atoms with Crippen molar-refractivity contribution >= 4 is 40.7 Å². The molecule has 2 N–H and O–H groups in total. The van der Waals surface area contributed by atoms with Crippen molar-refractivity contribution in [2.45, 2.75) is 64.5 Å². The minimum atomic E-state index is -1.51. The molecule has 0 bridgehead atoms. The number of carbonyl (C=O) groups is 5. The van der Waals surface area contributed by atoms with Crippen molar-refractivity contribution in [3.63, 3.8) is 0 Å². The Morgan fingerprint density at radius 3 is 2.27 bits per heavy atom. The average Bonchev–Trinajstić information content (AvgIpc) is 2.97. The Kier molecular flexibility index (Phi) is 10.2. The van der Waals surface area contributed by atoms with Crippen molar-refractivity contribution < 1.29 is 47.7 Å². The summed E-state index contributed by atoms with van der Waals surface area (Å²) in [6.45, 7) is 6.11. The zero-order chi connectivity index (χ0) is 32.0. The third-order valence-electron chi connectivity index (χ3n) is 7.80. The van der Waals surface area contributed by atoms with Gasteiger partial charge in [0, 0.05) is 44.1 Å². The highest BCUT2D eigenvalue weighted by molar-refractivity contribution is 5.99. The molecule has 2 heterocycles. The molecule has 2 fully saturated rings. The van der Waals surface area contributed by atoms with Crippen molar-refractivity contribution in [2.75, 3.05) is 39.4 Å². The van der Waals surface area contributed by atoms with Crippen LogP contribution in [0.5, 0.6) is 5.75 Å². The molecule has 3 amide bonds. The number of fused-ring (bicyclic) bond motifs is 1. The molecule has 2 aromatic rings. The standard InChI is InChI=1S/C30H37FN4O9/c1-4-42-25(36)8-7-21(27(38)34-11-13-35(14-12-34)29(41)43-5-2)33-26(37)23-17-24(44-30(28(39)40)9-6-10-30)19-16-20(31)18(3)15-22(19)32-23/h15-17,21H,4-14H2,1-3H3,(H,33,37)(H,39,40). The Morgan fingerprint density at radius 1 is 1.02 bits per heavy atom. The van der Waals surface area contributed by atoms with Crippen LogP contribution in [0.4, 0.5) is 9.18 Å². The fourth-order valence-corrected chi connectivity index (χ4v) is 5.12. The van der Waals surface area contributed by atoms with Gasteiger partial charge in [-0.2, -0.15) is 0 Å². The van der Waals surface area contributed by atoms with E-state index in [4.69, 9.17) is 14.2 Å². The summed E-state index contributed by atoms with van der Waals surface area (Å²) in [4.78, 5) is 70.7. The fraction of sp³-hybridized carbons (Fsp3) is 0.533. The molecule has 4 rings (SSSR count). The van der Waals surface area contributed by atoms with E-state index < -0.39 is 47.3 Å². The highest BCUT2D eigenvalue weighted by Gasteiger charge is 2.47. The van der Waals surface area contributed by atoms with Gasteiger partial charge < -0.3 is 34.4 Å². The number of carboxylic acid groups (broad SMARTS) is 1. The molecule has 1 aromatic heterocycles. The molecule has 1 unspecified atom stereocenters. The van der Waals surface area contributed by atoms with E-state index in [1.165, 1.54) is 34.9 Å². The number of carboxylic acids is 1. The van der Waals surface area contributed by atoms with Gasteiger partial charge in [-0.05, 0) is 64.2 Å². The number of hydrogen-bond donors (Lipinski definition) is 2. The van der Waals surface area contributed by atoms with Gasteiger partial charge in [-0.1, -0.05) is 0 Å². The summed E-state index contributed by atoms with van der Waals surface area (Å²) in [5, 5.41) is 12.7. The van der Waals surface area contributed by atoms with E-state index in [1.807, 2.05) is 0 Å². The van der Waals surface area contributed by atoms with Gasteiger partial charge in [-0.25, -0.2) is 19.0 Å². The second-order valence-corrected chi connectivity index (χ2v) is 10.8. The first-order valence-electron chi connectivity index (χ1n) is 14.7. The molecule has 2 aliphatic rings. The number of rotatable bonds is 11. The number of aliphatic carboxylic acids is 1. The first-order chi connectivity index (χ1) is 21.0. The van der Waals surface area contributed by atoms with Crippen molar-refractivity contribution in [1.82, 2.24) is 20.1 Å². The largest absolute Gasteiger partial charge is 0.478 e. The molecule has 14 heteroatoms. The average molecular weight is 617 g/mol. The molecular weight excluding hydrogens is 579 g/mol. The summed E-state index contributed by atoms with van der Waals surface area (Å²) in [6, 6.07) is 2.70. The van der Waals surface area contributed by atoms with Gasteiger partial charge in [0.2, 0.25) is 11.5 Å². The SMILES string of the molecule is CCOC(=O)CCC(NC(=O)c1cc(OC2(C(=O)O)CCC2)c2cc(F)c(C)cc2n1)C(=O)N1CCN(C(=O)OCC)CC1. The van der Waals surface area contributed by atoms with E-state index in [2.05, 4.69) is 10.3 Å². The smallest absolute Gasteiger partial charge is 0.409 e. The van der Waals surface area contributed by atoms with Gasteiger partial charge in [0.25, 0.3) is 5.91 Å². The molecule has 1 aliphatic heterocycles. The van der Waals surface area contributed by atoms with Crippen LogP contribution >= 0.6 is 0 Å². The summed E-state index contributed by atoms with van der Waals surface area (Å²) in [5.74, 6) is -3.51. The number of piperazine rings is 1. The predicted octanol–water partition coefficient (Wildman–Crippen LogP) is 2.81. The highest BCUT2D eigenvalue weighted by Crippen LogP contribution is 2.39. The van der Waals surface area contributed by atoms with Crippen molar-refractivity contribution in [3.8, 4) is 5.75 Å². The lowest BCUT2D eigenvalue weighted by Gasteiger charge is -2.38. The van der Waals surface area contributed by atoms with Crippen LogP contribution in [0.1, 0.15) is 62.0 Å². The van der Waals surface area contributed by atoms with E-state index in [0.29, 0.717) is 6.42 Å². The van der Waals surface area contributed by atoms with Gasteiger partial charge >= 0.3 is 18.0 Å². The zero-order valence-corrected chi connectivity index (χ0v) is 25.0. The first-order valence-corrected chi connectivity index (χ1v) is 14.7. The van der Waals surface area contributed by atoms with Crippen LogP contribution in [-0.4, -0.2) is 101 Å². The lowest BCUT2D eigenvalue weighted by atomic mass is 9.80. The van der Waals surface area contributed by atoms with E-state index in [0.717, 1.165) is 0 Å². The van der Waals surface area contributed by atoms with E-state index >= 15 is 0 Å². The number of pyridine rings is 1. The number of carbonyl (C=O) groups excluding carboxylic acids is 4. The molecular formula is C30H37FN4O9. The first kappa shape index (κ1) is 32.4. The molecule has 1 atom stereocenters. The fourth-order valence-electron chi connectivity index (χ4n) is 5.12. The molecule has 13 nitrogen and oxygen atoms in total. The van der Waals surface area contributed by atoms with Crippen LogP contribution in [0.2, 0.25) is 0 Å². The van der Waals surface area contributed by atoms with Gasteiger partial charge in [0.05, 0.1) is 18.7 Å². The lowest BCUT2D eigenvalue weighted by molar-refractivity contribution is -0.163. The quantitative estimate of drug-likeness (QED) is 0.359. The van der Waals surface area contributed by atoms with Crippen LogP contribution in [0.3, 0.4) is 0 Å². The number of nitrogens with one attached hydrogen (secondary N) is 1. The maximum absolute atomic E-state index is 14.5. The summed E-state index contributed by atoms with van der Waals surface area (Å²) >= 11 is 0. The van der Waals surface area contributed by atoms with E-state index in [9.17, 15) is 33.5 Å². The van der Waals surface area contributed by atoms with Gasteiger partial charge in [0.15, 0.2) is 0 Å². The number of esters is 1. The number of benzene rings is 1. The van der Waals surface area contributed by atoms with Crippen molar-refractivity contribution in [2.24, 2.45) is 0 Å². The van der Waals surface area contributed by atoms with Crippen LogP contribution in [0.15, 0.2) is 18.2 Å². The minimum Gasteiger partial charge on any atom is -0.478 e. The molecule has 1 aromatic carbocycles. The molecule has 1 saturated heterocycles. The van der Waals surface area contributed by atoms with Crippen LogP contribution in [-0.2, 0) is 23.9 Å². The molecule has 0 radical (unpaired) electrons. The van der Waals surface area contributed by atoms with E-state index in [1.54, 1.807) is 13.8 Å². The third-order valence-corrected chi connectivity index (χ3v) is 7.80. The summed E-state index contributed by atoms with van der Waals surface area (Å²) in [7, 11) is 0. The predicted molar refractivity (Wildman–Crippen MR) is 154 cm³/mol. The Balaban J connectivity index is 1.60. The second-order valence-electron chi connectivity index (χ2n) is 10.8. The van der Waals surface area contributed by atoms with Gasteiger partial charge in [-0.15, -0.1) is 0 Å². The van der Waals surface area contributed by atoms with E-state index in [-0.39, 0.29) is 93.0 Å². The van der Waals surface area contributed by atoms with Gasteiger partial charge in [-0.3, -0.25) is 14.4 Å². The van der Waals surface area contributed by atoms with Gasteiger partial charge in [0.1, 0.15) is 23.3 Å². The molecule has 0 spiro atoms. The third kappa shape index (κ3) is 7.17. The molecule has 1 saturated carbocycles. The summed E-state index contributed by atoms with van der Waals surface area (Å²) < 4.78 is 30.5. The monoisotopic (exact) mass is 616 g/mol. The number of amides is 3. The van der Waals surface area contributed by atoms with Crippen LogP contribution < -0.4 is 10.1 Å². The number of aryl methyl sites for hydroxylation is 1. The number of ether oxygens (including phenoxy) is 3. The molecule has 238 valence electrons. The summed E-state index contributed by atoms with van der Waals surface area (Å²) in [5.41, 5.74) is -1.22. The topological polar surface area (TPSA) is 165 Å². The van der Waals surface area contributed by atoms with Crippen LogP contribution in [0.25, 0.3) is 10.9 Å². The highest BCUT2D eigenvalue weighted by atomic mass is 19.1.